The number of carbonyl (C=O) groups excluding carboxylic acids is 3. The van der Waals surface area contributed by atoms with Crippen LogP contribution in [0.1, 0.15) is 17.3 Å². The fraction of sp³-hybridized carbons (Fsp3) is 0.235. The minimum atomic E-state index is -0.593. The number of ketones is 1. The molecule has 0 aliphatic carbocycles. The number of amides is 1. The Kier molecular flexibility index (Phi) is 6.16. The van der Waals surface area contributed by atoms with Crippen LogP contribution in [-0.2, 0) is 14.3 Å². The molecule has 0 saturated heterocycles. The number of Topliss-reactive ketones (excluding diaryl/α,β-unsaturated/α-hetero) is 1. The Balaban J connectivity index is 1.84. The number of rotatable bonds is 7. The zero-order chi connectivity index (χ0) is 18.2. The summed E-state index contributed by atoms with van der Waals surface area (Å²) in [5.41, 5.74) is 0.772. The highest BCUT2D eigenvalue weighted by atomic mass is 16.5. The Morgan fingerprint density at radius 1 is 1.12 bits per heavy atom. The molecule has 1 N–H and O–H groups in total. The molecule has 0 bridgehead atoms. The van der Waals surface area contributed by atoms with Gasteiger partial charge in [0.05, 0.1) is 5.69 Å². The topological polar surface area (TPSA) is 101 Å². The lowest BCUT2D eigenvalue weighted by Gasteiger charge is -2.15. The number of hydrogen-bond donors (Lipinski definition) is 1. The van der Waals surface area contributed by atoms with Crippen LogP contribution in [-0.4, -0.2) is 47.8 Å². The van der Waals surface area contributed by atoms with Crippen molar-refractivity contribution in [2.75, 3.05) is 30.4 Å². The Hall–Kier alpha value is -3.29. The van der Waals surface area contributed by atoms with E-state index in [1.54, 1.807) is 49.8 Å². The molecule has 130 valence electrons. The minimum absolute atomic E-state index is 0.0959. The molecule has 25 heavy (non-hydrogen) atoms. The summed E-state index contributed by atoms with van der Waals surface area (Å²) in [6.07, 6.45) is 3.12. The largest absolute Gasteiger partial charge is 0.454 e. The Labute approximate surface area is 144 Å². The highest BCUT2D eigenvalue weighted by Crippen LogP contribution is 2.15. The van der Waals surface area contributed by atoms with Crippen molar-refractivity contribution in [2.24, 2.45) is 0 Å². The number of para-hydroxylation sites is 1. The third kappa shape index (κ3) is 5.38. The van der Waals surface area contributed by atoms with Crippen molar-refractivity contribution in [3.05, 3.63) is 48.3 Å². The first-order valence-corrected chi connectivity index (χ1v) is 7.51. The summed E-state index contributed by atoms with van der Waals surface area (Å²) in [6, 6.07) is 8.28. The van der Waals surface area contributed by atoms with Crippen LogP contribution in [0.2, 0.25) is 0 Å². The number of anilines is 2. The quantitative estimate of drug-likeness (QED) is 0.597. The van der Waals surface area contributed by atoms with Gasteiger partial charge in [-0.2, -0.15) is 0 Å². The van der Waals surface area contributed by atoms with Crippen LogP contribution in [0.5, 0.6) is 0 Å². The molecule has 8 nitrogen and oxygen atoms in total. The summed E-state index contributed by atoms with van der Waals surface area (Å²) in [4.78, 5) is 44.7. The maximum atomic E-state index is 11.9. The van der Waals surface area contributed by atoms with Crippen molar-refractivity contribution in [1.29, 1.82) is 0 Å². The number of ether oxygens (including phenoxy) is 1. The smallest absolute Gasteiger partial charge is 0.326 e. The molecule has 2 aromatic rings. The average Bonchev–Trinajstić information content (AvgIpc) is 2.61. The normalized spacial score (nSPS) is 10.0. The molecular weight excluding hydrogens is 324 g/mol. The van der Waals surface area contributed by atoms with Crippen LogP contribution in [0.3, 0.4) is 0 Å². The molecule has 0 aliphatic heterocycles. The molecule has 0 saturated carbocycles. The van der Waals surface area contributed by atoms with E-state index in [-0.39, 0.29) is 12.3 Å². The van der Waals surface area contributed by atoms with E-state index in [2.05, 4.69) is 15.3 Å². The molecule has 0 aliphatic rings. The molecule has 0 atom stereocenters. The molecule has 1 amide bonds. The maximum absolute atomic E-state index is 11.9. The highest BCUT2D eigenvalue weighted by molar-refractivity contribution is 6.04. The second kappa shape index (κ2) is 8.53. The molecule has 0 unspecified atom stereocenters. The van der Waals surface area contributed by atoms with Crippen molar-refractivity contribution >= 4 is 29.3 Å². The van der Waals surface area contributed by atoms with Crippen LogP contribution in [0, 0.1) is 0 Å². The van der Waals surface area contributed by atoms with E-state index < -0.39 is 18.5 Å². The van der Waals surface area contributed by atoms with Crippen LogP contribution in [0.25, 0.3) is 0 Å². The number of hydrogen-bond acceptors (Lipinski definition) is 7. The van der Waals surface area contributed by atoms with Gasteiger partial charge in [-0.3, -0.25) is 14.4 Å². The van der Waals surface area contributed by atoms with Gasteiger partial charge in [0.15, 0.2) is 12.4 Å². The van der Waals surface area contributed by atoms with E-state index in [0.29, 0.717) is 17.2 Å². The van der Waals surface area contributed by atoms with Gasteiger partial charge in [0, 0.05) is 25.0 Å². The van der Waals surface area contributed by atoms with E-state index in [9.17, 15) is 14.4 Å². The van der Waals surface area contributed by atoms with Gasteiger partial charge in [-0.05, 0) is 25.1 Å². The predicted molar refractivity (Wildman–Crippen MR) is 91.3 cm³/mol. The molecule has 0 fully saturated rings. The van der Waals surface area contributed by atoms with E-state index in [1.807, 2.05) is 0 Å². The van der Waals surface area contributed by atoms with Gasteiger partial charge in [-0.25, -0.2) is 9.97 Å². The molecule has 1 heterocycles. The third-order valence-electron chi connectivity index (χ3n) is 3.20. The number of esters is 1. The number of benzene rings is 1. The van der Waals surface area contributed by atoms with E-state index in [0.717, 1.165) is 0 Å². The van der Waals surface area contributed by atoms with Gasteiger partial charge in [-0.15, -0.1) is 0 Å². The van der Waals surface area contributed by atoms with Gasteiger partial charge >= 0.3 is 5.97 Å². The lowest BCUT2D eigenvalue weighted by atomic mass is 10.1. The fourth-order valence-corrected chi connectivity index (χ4v) is 2.03. The monoisotopic (exact) mass is 342 g/mol. The molecule has 8 heteroatoms. The van der Waals surface area contributed by atoms with Gasteiger partial charge in [0.25, 0.3) is 5.91 Å². The summed E-state index contributed by atoms with van der Waals surface area (Å²) in [5.74, 6) is -0.915. The van der Waals surface area contributed by atoms with Gasteiger partial charge < -0.3 is 15.0 Å². The standard InChI is InChI=1S/C17H18N4O4/c1-12(22)13-6-3-4-7-14(13)20-15(23)11-25-16(24)10-21(2)17-18-8-5-9-19-17/h3-9H,10-11H2,1-2H3,(H,20,23). The SMILES string of the molecule is CC(=O)c1ccccc1NC(=O)COC(=O)CN(C)c1ncccn1. The van der Waals surface area contributed by atoms with Crippen molar-refractivity contribution < 1.29 is 19.1 Å². The van der Waals surface area contributed by atoms with Crippen LogP contribution < -0.4 is 10.2 Å². The molecule has 1 aromatic carbocycles. The zero-order valence-corrected chi connectivity index (χ0v) is 13.9. The van der Waals surface area contributed by atoms with Crippen molar-refractivity contribution in [3.8, 4) is 0 Å². The first-order valence-electron chi connectivity index (χ1n) is 7.51. The third-order valence-corrected chi connectivity index (χ3v) is 3.20. The van der Waals surface area contributed by atoms with Gasteiger partial charge in [0.2, 0.25) is 5.95 Å². The van der Waals surface area contributed by atoms with Crippen LogP contribution in [0.15, 0.2) is 42.7 Å². The fourth-order valence-electron chi connectivity index (χ4n) is 2.03. The minimum Gasteiger partial charge on any atom is -0.454 e. The van der Waals surface area contributed by atoms with Gasteiger partial charge in [-0.1, -0.05) is 12.1 Å². The summed E-state index contributed by atoms with van der Waals surface area (Å²) < 4.78 is 4.94. The summed E-state index contributed by atoms with van der Waals surface area (Å²) in [5, 5.41) is 2.56. The Bertz CT molecular complexity index is 764. The Morgan fingerprint density at radius 3 is 2.48 bits per heavy atom. The number of nitrogens with one attached hydrogen (secondary N) is 1. The van der Waals surface area contributed by atoms with Crippen LogP contribution >= 0.6 is 0 Å². The molecule has 0 radical (unpaired) electrons. The van der Waals surface area contributed by atoms with Crippen molar-refractivity contribution in [2.45, 2.75) is 6.92 Å². The number of nitrogens with zero attached hydrogens (tertiary/aromatic N) is 3. The number of aromatic nitrogens is 2. The van der Waals surface area contributed by atoms with E-state index in [1.165, 1.54) is 11.8 Å². The van der Waals surface area contributed by atoms with Crippen LogP contribution in [0.4, 0.5) is 11.6 Å². The van der Waals surface area contributed by atoms with Crippen molar-refractivity contribution in [3.63, 3.8) is 0 Å². The first kappa shape index (κ1) is 18.1. The first-order chi connectivity index (χ1) is 12.0. The zero-order valence-electron chi connectivity index (χ0n) is 13.9. The average molecular weight is 342 g/mol. The number of likely N-dealkylation sites (N-methyl/N-ethyl adjacent to an activating group) is 1. The second-order valence-corrected chi connectivity index (χ2v) is 5.22. The van der Waals surface area contributed by atoms with E-state index in [4.69, 9.17) is 4.74 Å². The highest BCUT2D eigenvalue weighted by Gasteiger charge is 2.14. The molecule has 0 spiro atoms. The lowest BCUT2D eigenvalue weighted by Crippen LogP contribution is -2.30. The maximum Gasteiger partial charge on any atom is 0.326 e. The Morgan fingerprint density at radius 2 is 1.80 bits per heavy atom. The summed E-state index contributed by atoms with van der Waals surface area (Å²) in [7, 11) is 1.64. The molecule has 1 aromatic heterocycles. The summed E-state index contributed by atoms with van der Waals surface area (Å²) in [6.45, 7) is 0.863. The molecule has 2 rings (SSSR count). The number of carbonyl (C=O) groups is 3. The second-order valence-electron chi connectivity index (χ2n) is 5.22. The van der Waals surface area contributed by atoms with Gasteiger partial charge in [0.1, 0.15) is 6.54 Å². The predicted octanol–water partition coefficient (Wildman–Crippen LogP) is 1.30. The molecular formula is C17H18N4O4. The lowest BCUT2D eigenvalue weighted by molar-refractivity contribution is -0.145. The van der Waals surface area contributed by atoms with E-state index >= 15 is 0 Å². The van der Waals surface area contributed by atoms with Crippen molar-refractivity contribution in [1.82, 2.24) is 9.97 Å². The summed E-state index contributed by atoms with van der Waals surface area (Å²) >= 11 is 0.